The van der Waals surface area contributed by atoms with E-state index >= 15 is 0 Å². The highest BCUT2D eigenvalue weighted by molar-refractivity contribution is 6.31. The van der Waals surface area contributed by atoms with Gasteiger partial charge >= 0.3 is 0 Å². The minimum absolute atomic E-state index is 0.139. The van der Waals surface area contributed by atoms with E-state index in [-0.39, 0.29) is 11.8 Å². The number of hydrogen-bond donors (Lipinski definition) is 1. The highest BCUT2D eigenvalue weighted by Crippen LogP contribution is 2.20. The second kappa shape index (κ2) is 11.1. The summed E-state index contributed by atoms with van der Waals surface area (Å²) in [7, 11) is 0. The van der Waals surface area contributed by atoms with Crippen molar-refractivity contribution in [2.45, 2.75) is 52.5 Å². The lowest BCUT2D eigenvalue weighted by atomic mass is 10.1. The molecule has 1 aromatic carbocycles. The van der Waals surface area contributed by atoms with Gasteiger partial charge in [-0.3, -0.25) is 14.3 Å². The van der Waals surface area contributed by atoms with E-state index in [1.165, 1.54) is 0 Å². The number of rotatable bonds is 8. The number of aryl methyl sites for hydroxylation is 1. The number of nitrogens with zero attached hydrogens (tertiary/aromatic N) is 3. The Morgan fingerprint density at radius 3 is 2.84 bits per heavy atom. The zero-order valence-electron chi connectivity index (χ0n) is 18.4. The molecule has 0 spiro atoms. The molecule has 6 nitrogen and oxygen atoms in total. The maximum Gasteiger partial charge on any atom is 0.244 e. The number of amides is 2. The van der Waals surface area contributed by atoms with E-state index in [4.69, 9.17) is 11.6 Å². The lowest BCUT2D eigenvalue weighted by Crippen LogP contribution is -2.33. The van der Waals surface area contributed by atoms with Gasteiger partial charge in [-0.05, 0) is 50.8 Å². The third kappa shape index (κ3) is 6.44. The standard InChI is InChI=1S/C24H31ClN4O2/c1-18-21(19(2)29(27-18)17-20-9-5-6-10-22(20)25)12-13-23(30)26-14-8-16-28-15-7-3-4-11-24(28)31/h5-6,9-10,12-13H,3-4,7-8,11,14-17H2,1-2H3,(H,26,30)/b13-12+. The molecule has 2 aromatic rings. The van der Waals surface area contributed by atoms with Crippen LogP contribution in [-0.4, -0.2) is 46.1 Å². The van der Waals surface area contributed by atoms with Crippen molar-refractivity contribution < 1.29 is 9.59 Å². The van der Waals surface area contributed by atoms with E-state index in [1.807, 2.05) is 53.8 Å². The molecule has 0 bridgehead atoms. The van der Waals surface area contributed by atoms with Crippen LogP contribution in [0.25, 0.3) is 6.08 Å². The first kappa shape index (κ1) is 23.1. The molecule has 166 valence electrons. The molecule has 2 heterocycles. The quantitative estimate of drug-likeness (QED) is 0.493. The molecule has 1 aliphatic heterocycles. The molecule has 3 rings (SSSR count). The monoisotopic (exact) mass is 442 g/mol. The predicted octanol–water partition coefficient (Wildman–Crippen LogP) is 4.12. The van der Waals surface area contributed by atoms with Crippen LogP contribution >= 0.6 is 11.6 Å². The van der Waals surface area contributed by atoms with Gasteiger partial charge in [-0.15, -0.1) is 0 Å². The normalized spacial score (nSPS) is 14.8. The number of halogens is 1. The summed E-state index contributed by atoms with van der Waals surface area (Å²) in [6.07, 6.45) is 7.96. The van der Waals surface area contributed by atoms with Crippen LogP contribution < -0.4 is 5.32 Å². The molecule has 7 heteroatoms. The van der Waals surface area contributed by atoms with E-state index in [1.54, 1.807) is 6.08 Å². The third-order valence-electron chi connectivity index (χ3n) is 5.69. The highest BCUT2D eigenvalue weighted by atomic mass is 35.5. The minimum Gasteiger partial charge on any atom is -0.352 e. The Bertz CT molecular complexity index is 951. The van der Waals surface area contributed by atoms with Gasteiger partial charge in [0.25, 0.3) is 0 Å². The Balaban J connectivity index is 1.50. The minimum atomic E-state index is -0.139. The van der Waals surface area contributed by atoms with Crippen molar-refractivity contribution in [3.8, 4) is 0 Å². The number of aromatic nitrogens is 2. The van der Waals surface area contributed by atoms with Gasteiger partial charge in [-0.2, -0.15) is 5.10 Å². The number of carbonyl (C=O) groups excluding carboxylic acids is 2. The van der Waals surface area contributed by atoms with Crippen LogP contribution in [0.3, 0.4) is 0 Å². The molecule has 0 aliphatic carbocycles. The van der Waals surface area contributed by atoms with Crippen LogP contribution in [0.2, 0.25) is 5.02 Å². The van der Waals surface area contributed by atoms with Crippen molar-refractivity contribution in [1.82, 2.24) is 20.0 Å². The molecular formula is C24H31ClN4O2. The molecule has 1 N–H and O–H groups in total. The number of hydrogen-bond acceptors (Lipinski definition) is 3. The summed E-state index contributed by atoms with van der Waals surface area (Å²) in [5, 5.41) is 8.23. The first-order valence-electron chi connectivity index (χ1n) is 11.0. The van der Waals surface area contributed by atoms with Crippen molar-refractivity contribution in [3.63, 3.8) is 0 Å². The molecular weight excluding hydrogens is 412 g/mol. The van der Waals surface area contributed by atoms with Gasteiger partial charge in [0.2, 0.25) is 11.8 Å². The van der Waals surface area contributed by atoms with Gasteiger partial charge in [-0.1, -0.05) is 36.2 Å². The van der Waals surface area contributed by atoms with Gasteiger partial charge in [0.1, 0.15) is 0 Å². The number of carbonyl (C=O) groups is 2. The van der Waals surface area contributed by atoms with Crippen LogP contribution in [0.4, 0.5) is 0 Å². The van der Waals surface area contributed by atoms with E-state index in [9.17, 15) is 9.59 Å². The Hall–Kier alpha value is -2.60. The average Bonchev–Trinajstić information content (AvgIpc) is 2.88. The van der Waals surface area contributed by atoms with Crippen LogP contribution in [0.15, 0.2) is 30.3 Å². The summed E-state index contributed by atoms with van der Waals surface area (Å²) in [5.41, 5.74) is 3.80. The largest absolute Gasteiger partial charge is 0.352 e. The summed E-state index contributed by atoms with van der Waals surface area (Å²) < 4.78 is 1.91. The van der Waals surface area contributed by atoms with E-state index in [0.29, 0.717) is 31.1 Å². The van der Waals surface area contributed by atoms with Gasteiger partial charge in [-0.25, -0.2) is 0 Å². The zero-order chi connectivity index (χ0) is 22.2. The fourth-order valence-electron chi connectivity index (χ4n) is 3.87. The Morgan fingerprint density at radius 1 is 1.23 bits per heavy atom. The molecule has 0 saturated carbocycles. The van der Waals surface area contributed by atoms with Gasteiger partial charge < -0.3 is 10.2 Å². The number of benzene rings is 1. The van der Waals surface area contributed by atoms with Gasteiger partial charge in [0, 0.05) is 48.4 Å². The first-order chi connectivity index (χ1) is 15.0. The summed E-state index contributed by atoms with van der Waals surface area (Å²) in [6, 6.07) is 7.73. The third-order valence-corrected chi connectivity index (χ3v) is 6.06. The molecule has 1 aromatic heterocycles. The molecule has 31 heavy (non-hydrogen) atoms. The van der Waals surface area contributed by atoms with E-state index < -0.39 is 0 Å². The van der Waals surface area contributed by atoms with Crippen LogP contribution in [0, 0.1) is 13.8 Å². The molecule has 1 saturated heterocycles. The maximum absolute atomic E-state index is 12.2. The van der Waals surface area contributed by atoms with Crippen molar-refractivity contribution in [1.29, 1.82) is 0 Å². The fraction of sp³-hybridized carbons (Fsp3) is 0.458. The smallest absolute Gasteiger partial charge is 0.244 e. The van der Waals surface area contributed by atoms with Gasteiger partial charge in [0.05, 0.1) is 12.2 Å². The zero-order valence-corrected chi connectivity index (χ0v) is 19.1. The van der Waals surface area contributed by atoms with Crippen LogP contribution in [0.1, 0.15) is 54.6 Å². The summed E-state index contributed by atoms with van der Waals surface area (Å²) in [5.74, 6) is 0.100. The van der Waals surface area contributed by atoms with E-state index in [0.717, 1.165) is 54.7 Å². The maximum atomic E-state index is 12.2. The molecule has 1 aliphatic rings. The predicted molar refractivity (Wildman–Crippen MR) is 124 cm³/mol. The Morgan fingerprint density at radius 2 is 2.03 bits per heavy atom. The highest BCUT2D eigenvalue weighted by Gasteiger charge is 2.15. The van der Waals surface area contributed by atoms with Crippen LogP contribution in [0.5, 0.6) is 0 Å². The SMILES string of the molecule is Cc1nn(Cc2ccccc2Cl)c(C)c1/C=C/C(=O)NCCCN1CCCCCC1=O. The second-order valence-electron chi connectivity index (χ2n) is 8.00. The average molecular weight is 443 g/mol. The Kier molecular flexibility index (Phi) is 8.29. The van der Waals surface area contributed by atoms with Crippen molar-refractivity contribution in [3.05, 3.63) is 57.9 Å². The molecule has 2 amide bonds. The van der Waals surface area contributed by atoms with Crippen molar-refractivity contribution in [2.75, 3.05) is 19.6 Å². The van der Waals surface area contributed by atoms with Crippen LogP contribution in [-0.2, 0) is 16.1 Å². The number of likely N-dealkylation sites (tertiary alicyclic amines) is 1. The lowest BCUT2D eigenvalue weighted by Gasteiger charge is -2.20. The topological polar surface area (TPSA) is 67.2 Å². The first-order valence-corrected chi connectivity index (χ1v) is 11.3. The molecule has 0 unspecified atom stereocenters. The fourth-order valence-corrected chi connectivity index (χ4v) is 4.06. The number of nitrogens with one attached hydrogen (secondary N) is 1. The molecule has 1 fully saturated rings. The van der Waals surface area contributed by atoms with Crippen molar-refractivity contribution in [2.24, 2.45) is 0 Å². The lowest BCUT2D eigenvalue weighted by molar-refractivity contribution is -0.130. The van der Waals surface area contributed by atoms with E-state index in [2.05, 4.69) is 10.4 Å². The van der Waals surface area contributed by atoms with Crippen molar-refractivity contribution >= 4 is 29.5 Å². The Labute approximate surface area is 189 Å². The second-order valence-corrected chi connectivity index (χ2v) is 8.41. The molecule has 0 atom stereocenters. The summed E-state index contributed by atoms with van der Waals surface area (Å²) in [4.78, 5) is 26.2. The molecule has 0 radical (unpaired) electrons. The summed E-state index contributed by atoms with van der Waals surface area (Å²) >= 11 is 6.27. The van der Waals surface area contributed by atoms with Gasteiger partial charge in [0.15, 0.2) is 0 Å². The summed E-state index contributed by atoms with van der Waals surface area (Å²) in [6.45, 7) is 6.61.